The summed E-state index contributed by atoms with van der Waals surface area (Å²) in [4.78, 5) is 14.7. The van der Waals surface area contributed by atoms with Crippen LogP contribution in [0, 0.1) is 0 Å². The van der Waals surface area contributed by atoms with Gasteiger partial charge in [0, 0.05) is 36.9 Å². The number of hydrogen-bond acceptors (Lipinski definition) is 4. The van der Waals surface area contributed by atoms with Crippen molar-refractivity contribution in [2.45, 2.75) is 40.0 Å². The first-order chi connectivity index (χ1) is 18.0. The van der Waals surface area contributed by atoms with Crippen LogP contribution in [0.5, 0.6) is 5.88 Å². The first-order valence-electron chi connectivity index (χ1n) is 12.9. The third kappa shape index (κ3) is 4.88. The molecular weight excluding hydrogens is 480 g/mol. The average molecular weight is 513 g/mol. The summed E-state index contributed by atoms with van der Waals surface area (Å²) >= 11 is 6.50. The fourth-order valence-electron chi connectivity index (χ4n) is 5.32. The number of anilines is 1. The van der Waals surface area contributed by atoms with E-state index in [1.807, 2.05) is 12.3 Å². The number of hydrogen-bond donors (Lipinski definition) is 1. The molecule has 0 aliphatic carbocycles. The van der Waals surface area contributed by atoms with Crippen LogP contribution in [0.4, 0.5) is 5.95 Å². The quantitative estimate of drug-likeness (QED) is 0.290. The number of allylic oxidation sites excluding steroid dienone is 1. The van der Waals surface area contributed by atoms with Crippen LogP contribution in [0.3, 0.4) is 0 Å². The predicted molar refractivity (Wildman–Crippen MR) is 154 cm³/mol. The van der Waals surface area contributed by atoms with Crippen molar-refractivity contribution in [3.63, 3.8) is 0 Å². The molecule has 5 rings (SSSR count). The van der Waals surface area contributed by atoms with Gasteiger partial charge in [0.05, 0.1) is 17.6 Å². The fourth-order valence-corrected chi connectivity index (χ4v) is 5.54. The maximum atomic E-state index is 6.50. The van der Waals surface area contributed by atoms with Gasteiger partial charge in [0.2, 0.25) is 11.8 Å². The Morgan fingerprint density at radius 2 is 1.89 bits per heavy atom. The smallest absolute Gasteiger partial charge is 0.228 e. The summed E-state index contributed by atoms with van der Waals surface area (Å²) in [6.45, 7) is 8.25. The number of aryl methyl sites for hydroxylation is 2. The number of benzene rings is 2. The molecule has 4 aromatic rings. The van der Waals surface area contributed by atoms with E-state index >= 15 is 0 Å². The second-order valence-corrected chi connectivity index (χ2v) is 9.81. The normalized spacial score (nSPS) is 16.5. The summed E-state index contributed by atoms with van der Waals surface area (Å²) in [7, 11) is 1.64. The van der Waals surface area contributed by atoms with Gasteiger partial charge in [-0.15, -0.1) is 0 Å². The second-order valence-electron chi connectivity index (χ2n) is 9.40. The third-order valence-electron chi connectivity index (χ3n) is 7.39. The molecule has 0 bridgehead atoms. The molecule has 5 nitrogen and oxygen atoms in total. The van der Waals surface area contributed by atoms with Gasteiger partial charge >= 0.3 is 0 Å². The number of rotatable bonds is 6. The molecule has 3 heterocycles. The zero-order chi connectivity index (χ0) is 25.9. The average Bonchev–Trinajstić information content (AvgIpc) is 3.44. The summed E-state index contributed by atoms with van der Waals surface area (Å²) in [6.07, 6.45) is 9.07. The highest BCUT2D eigenvalue weighted by Crippen LogP contribution is 2.37. The van der Waals surface area contributed by atoms with Crippen molar-refractivity contribution in [1.29, 1.82) is 0 Å². The summed E-state index contributed by atoms with van der Waals surface area (Å²) in [5.74, 6) is 1.26. The Balaban J connectivity index is 1.67. The molecule has 1 aliphatic rings. The van der Waals surface area contributed by atoms with Gasteiger partial charge < -0.3 is 14.6 Å². The minimum atomic E-state index is 0.574. The molecule has 0 radical (unpaired) electrons. The second kappa shape index (κ2) is 10.8. The van der Waals surface area contributed by atoms with Crippen LogP contribution < -0.4 is 9.64 Å². The zero-order valence-electron chi connectivity index (χ0n) is 21.9. The molecule has 2 aromatic heterocycles. The molecule has 0 saturated carbocycles. The van der Waals surface area contributed by atoms with Crippen LogP contribution in [-0.4, -0.2) is 35.2 Å². The minimum Gasteiger partial charge on any atom is -0.481 e. The molecule has 37 heavy (non-hydrogen) atoms. The Bertz CT molecular complexity index is 1480. The highest BCUT2D eigenvalue weighted by Gasteiger charge is 2.24. The van der Waals surface area contributed by atoms with Crippen molar-refractivity contribution in [2.24, 2.45) is 0 Å². The lowest BCUT2D eigenvalue weighted by Crippen LogP contribution is -2.34. The lowest BCUT2D eigenvalue weighted by Gasteiger charge is -2.32. The van der Waals surface area contributed by atoms with Crippen molar-refractivity contribution in [2.75, 3.05) is 25.1 Å². The van der Waals surface area contributed by atoms with E-state index in [4.69, 9.17) is 16.3 Å². The zero-order valence-corrected chi connectivity index (χ0v) is 22.7. The van der Waals surface area contributed by atoms with Crippen LogP contribution in [0.25, 0.3) is 22.6 Å². The molecule has 0 amide bonds. The highest BCUT2D eigenvalue weighted by molar-refractivity contribution is 6.35. The summed E-state index contributed by atoms with van der Waals surface area (Å²) in [6, 6.07) is 14.7. The first kappa shape index (κ1) is 25.1. The number of aromatic amines is 1. The molecule has 1 fully saturated rings. The van der Waals surface area contributed by atoms with E-state index in [1.165, 1.54) is 39.0 Å². The number of nitrogens with zero attached hydrogens (tertiary/aromatic N) is 3. The summed E-state index contributed by atoms with van der Waals surface area (Å²) < 4.78 is 5.37. The van der Waals surface area contributed by atoms with Gasteiger partial charge in [-0.2, -0.15) is 4.98 Å². The molecule has 190 valence electrons. The Hall–Kier alpha value is -3.57. The maximum absolute atomic E-state index is 6.50. The molecule has 0 spiro atoms. The summed E-state index contributed by atoms with van der Waals surface area (Å²) in [5, 5.41) is 1.87. The van der Waals surface area contributed by atoms with E-state index in [0.717, 1.165) is 48.3 Å². The number of aromatic nitrogens is 3. The van der Waals surface area contributed by atoms with Crippen LogP contribution in [-0.2, 0) is 12.8 Å². The fraction of sp³-hybridized carbons (Fsp3) is 0.290. The Morgan fingerprint density at radius 3 is 2.62 bits per heavy atom. The Labute approximate surface area is 223 Å². The van der Waals surface area contributed by atoms with Gasteiger partial charge in [0.15, 0.2) is 0 Å². The Morgan fingerprint density at radius 1 is 1.11 bits per heavy atom. The van der Waals surface area contributed by atoms with Crippen molar-refractivity contribution in [1.82, 2.24) is 15.0 Å². The highest BCUT2D eigenvalue weighted by atomic mass is 35.5. The molecule has 6 heteroatoms. The lowest BCUT2D eigenvalue weighted by molar-refractivity contribution is 0.396. The van der Waals surface area contributed by atoms with Crippen LogP contribution in [0.2, 0.25) is 5.02 Å². The third-order valence-corrected chi connectivity index (χ3v) is 7.71. The van der Waals surface area contributed by atoms with E-state index in [-0.39, 0.29) is 0 Å². The van der Waals surface area contributed by atoms with Crippen molar-refractivity contribution >= 4 is 40.1 Å². The van der Waals surface area contributed by atoms with Crippen molar-refractivity contribution < 1.29 is 4.74 Å². The number of fused-ring (bicyclic) bond motifs is 1. The van der Waals surface area contributed by atoms with E-state index in [9.17, 15) is 0 Å². The van der Waals surface area contributed by atoms with Gasteiger partial charge in [-0.25, -0.2) is 4.98 Å². The van der Waals surface area contributed by atoms with Crippen LogP contribution in [0.15, 0.2) is 66.0 Å². The van der Waals surface area contributed by atoms with Crippen LogP contribution >= 0.6 is 11.6 Å². The molecule has 1 aliphatic heterocycles. The number of methoxy groups -OCH3 is 1. The van der Waals surface area contributed by atoms with Gasteiger partial charge in [-0.1, -0.05) is 55.8 Å². The first-order valence-corrected chi connectivity index (χ1v) is 13.3. The van der Waals surface area contributed by atoms with Gasteiger partial charge in [0.1, 0.15) is 0 Å². The molecule has 2 aromatic carbocycles. The maximum Gasteiger partial charge on any atom is 0.228 e. The Kier molecular flexibility index (Phi) is 7.33. The largest absolute Gasteiger partial charge is 0.481 e. The molecule has 1 saturated heterocycles. The SMILES string of the molecule is CCc1cccc(CC)c1/C=C1/CCN(c2nccc(OC)n2)C/C1=C(/C)c1ccc(Cl)c2[nH]ccc12. The number of ether oxygens (including phenoxy) is 1. The van der Waals surface area contributed by atoms with E-state index < -0.39 is 0 Å². The topological polar surface area (TPSA) is 54.0 Å². The molecular formula is C31H33ClN4O. The molecule has 0 atom stereocenters. The minimum absolute atomic E-state index is 0.574. The van der Waals surface area contributed by atoms with Crippen molar-refractivity contribution in [3.8, 4) is 5.88 Å². The molecule has 0 unspecified atom stereocenters. The van der Waals surface area contributed by atoms with E-state index in [1.54, 1.807) is 19.4 Å². The summed E-state index contributed by atoms with van der Waals surface area (Å²) in [5.41, 5.74) is 10.2. The number of piperidine rings is 1. The van der Waals surface area contributed by atoms with E-state index in [0.29, 0.717) is 11.8 Å². The van der Waals surface area contributed by atoms with Crippen molar-refractivity contribution in [3.05, 3.63) is 93.3 Å². The van der Waals surface area contributed by atoms with Gasteiger partial charge in [0.25, 0.3) is 0 Å². The van der Waals surface area contributed by atoms with Gasteiger partial charge in [-0.3, -0.25) is 0 Å². The van der Waals surface area contributed by atoms with Gasteiger partial charge in [-0.05, 0) is 77.3 Å². The predicted octanol–water partition coefficient (Wildman–Crippen LogP) is 7.51. The molecule has 1 N–H and O–H groups in total. The number of halogens is 1. The van der Waals surface area contributed by atoms with E-state index in [2.05, 4.69) is 77.0 Å². The monoisotopic (exact) mass is 512 g/mol. The standard InChI is InChI=1S/C31H33ClN4O/c1-5-21-8-7-9-22(6-2)26(21)18-23-14-17-36(31-34-16-13-29(35-31)37-4)19-27(23)20(3)24-10-11-28(32)30-25(24)12-15-33-30/h7-13,15-16,18,33H,5-6,14,17,19H2,1-4H3/b23-18-,27-20+. The number of nitrogens with one attached hydrogen (secondary N) is 1. The lowest BCUT2D eigenvalue weighted by atomic mass is 9.86. The number of H-pyrrole nitrogens is 1. The van der Waals surface area contributed by atoms with Crippen LogP contribution in [0.1, 0.15) is 49.4 Å².